The summed E-state index contributed by atoms with van der Waals surface area (Å²) in [5.41, 5.74) is 1.15. The van der Waals surface area contributed by atoms with Crippen LogP contribution in [0, 0.1) is 5.92 Å². The summed E-state index contributed by atoms with van der Waals surface area (Å²) in [6, 6.07) is 7.79. The van der Waals surface area contributed by atoms with E-state index < -0.39 is 26.0 Å². The Hall–Kier alpha value is -1.20. The van der Waals surface area contributed by atoms with Crippen LogP contribution in [0.25, 0.3) is 0 Å². The molecule has 0 spiro atoms. The number of rotatable bonds is 5. The molecule has 5 unspecified atom stereocenters. The number of carbonyl (C=O) groups excluding carboxylic acids is 1. The van der Waals surface area contributed by atoms with E-state index in [9.17, 15) is 4.79 Å². The molecule has 0 N–H and O–H groups in total. The normalized spacial score (nSPS) is 31.7. The largest absolute Gasteiger partial charge is 0.497 e. The highest BCUT2D eigenvalue weighted by Gasteiger charge is 2.61. The highest BCUT2D eigenvalue weighted by Crippen LogP contribution is 2.53. The average molecular weight is 657 g/mol. The molecule has 1 fully saturated rings. The molecular formula is C30H45IO6Si. The van der Waals surface area contributed by atoms with Crippen molar-refractivity contribution in [1.82, 2.24) is 0 Å². The van der Waals surface area contributed by atoms with Gasteiger partial charge in [0, 0.05) is 17.9 Å². The quantitative estimate of drug-likeness (QED) is 0.138. The van der Waals surface area contributed by atoms with Crippen molar-refractivity contribution in [3.63, 3.8) is 0 Å². The topological polar surface area (TPSA) is 63.2 Å². The molecule has 5 atom stereocenters. The highest BCUT2D eigenvalue weighted by molar-refractivity contribution is 14.1. The van der Waals surface area contributed by atoms with Crippen LogP contribution in [0.15, 0.2) is 46.1 Å². The Balaban J connectivity index is 2.13. The van der Waals surface area contributed by atoms with Crippen LogP contribution in [-0.2, 0) is 23.4 Å². The molecule has 0 aliphatic carbocycles. The standard InChI is InChI=1S/C30H45IO6Si/c1-21-17-19-30(37-38(8,9)28(3,4)5)29(6,18-11-10-12-25(32)34-26(21)22(2)20-31)35-27(36-30)23-13-15-24(33-7)16-14-23/h13-17,19-21,26-27H,10-12,18H2,1-9H3/b19-17?,22-20+. The predicted molar refractivity (Wildman–Crippen MR) is 162 cm³/mol. The summed E-state index contributed by atoms with van der Waals surface area (Å²) >= 11 is 2.21. The zero-order valence-electron chi connectivity index (χ0n) is 24.4. The van der Waals surface area contributed by atoms with Crippen LogP contribution in [0.2, 0.25) is 18.1 Å². The fourth-order valence-corrected chi connectivity index (χ4v) is 6.41. The van der Waals surface area contributed by atoms with Crippen LogP contribution in [0.4, 0.5) is 0 Å². The first kappa shape index (κ1) is 31.3. The minimum atomic E-state index is -2.32. The first-order valence-corrected chi connectivity index (χ1v) is 17.7. The molecule has 0 saturated carbocycles. The van der Waals surface area contributed by atoms with Gasteiger partial charge in [-0.2, -0.15) is 0 Å². The van der Waals surface area contributed by atoms with Gasteiger partial charge in [-0.25, -0.2) is 0 Å². The smallest absolute Gasteiger partial charge is 0.306 e. The summed E-state index contributed by atoms with van der Waals surface area (Å²) in [5, 5.41) is -0.0357. The molecule has 0 aromatic heterocycles. The Bertz CT molecular complexity index is 1030. The van der Waals surface area contributed by atoms with Crippen molar-refractivity contribution in [2.75, 3.05) is 7.11 Å². The number of esters is 1. The molecule has 0 amide bonds. The second kappa shape index (κ2) is 12.1. The number of ether oxygens (including phenoxy) is 4. The van der Waals surface area contributed by atoms with Crippen molar-refractivity contribution in [3.8, 4) is 5.75 Å². The van der Waals surface area contributed by atoms with E-state index in [4.69, 9.17) is 23.4 Å². The lowest BCUT2D eigenvalue weighted by Gasteiger charge is -2.47. The van der Waals surface area contributed by atoms with E-state index in [-0.39, 0.29) is 23.0 Å². The third-order valence-corrected chi connectivity index (χ3v) is 13.7. The van der Waals surface area contributed by atoms with Gasteiger partial charge in [-0.1, -0.05) is 68.5 Å². The number of cyclic esters (lactones) is 1. The second-order valence-electron chi connectivity index (χ2n) is 12.3. The van der Waals surface area contributed by atoms with Crippen LogP contribution in [0.5, 0.6) is 5.75 Å². The summed E-state index contributed by atoms with van der Waals surface area (Å²) in [6.07, 6.45) is 5.70. The number of benzene rings is 1. The Morgan fingerprint density at radius 1 is 1.16 bits per heavy atom. The molecular weight excluding hydrogens is 611 g/mol. The lowest BCUT2D eigenvalue weighted by Crippen LogP contribution is -2.58. The van der Waals surface area contributed by atoms with Crippen LogP contribution >= 0.6 is 22.6 Å². The van der Waals surface area contributed by atoms with Crippen LogP contribution in [0.1, 0.15) is 79.1 Å². The Labute approximate surface area is 243 Å². The first-order valence-electron chi connectivity index (χ1n) is 13.5. The minimum absolute atomic E-state index is 0.0357. The van der Waals surface area contributed by atoms with E-state index in [1.807, 2.05) is 41.3 Å². The van der Waals surface area contributed by atoms with Crippen LogP contribution in [0.3, 0.4) is 0 Å². The summed E-state index contributed by atoms with van der Waals surface area (Å²) in [7, 11) is -0.668. The minimum Gasteiger partial charge on any atom is -0.497 e. The SMILES string of the molecule is COc1ccc(C2OC3(C)CCCCC(=O)OC(/C(C)=C/I)C(C)C=CC3(O[Si](C)(C)C(C)(C)C)O2)cc1. The van der Waals surface area contributed by atoms with E-state index >= 15 is 0 Å². The molecule has 0 bridgehead atoms. The molecule has 3 rings (SSSR count). The first-order chi connectivity index (χ1) is 17.7. The number of carbonyl (C=O) groups is 1. The molecule has 1 saturated heterocycles. The van der Waals surface area contributed by atoms with Gasteiger partial charge in [-0.15, -0.1) is 0 Å². The second-order valence-corrected chi connectivity index (χ2v) is 17.6. The number of hydrogen-bond acceptors (Lipinski definition) is 6. The lowest BCUT2D eigenvalue weighted by molar-refractivity contribution is -0.171. The van der Waals surface area contributed by atoms with Gasteiger partial charge in [0.1, 0.15) is 17.5 Å². The summed E-state index contributed by atoms with van der Waals surface area (Å²) in [5.74, 6) is -0.580. The molecule has 8 heteroatoms. The average Bonchev–Trinajstić information content (AvgIpc) is 3.13. The van der Waals surface area contributed by atoms with Crippen molar-refractivity contribution in [2.24, 2.45) is 5.92 Å². The molecule has 2 heterocycles. The maximum atomic E-state index is 12.7. The van der Waals surface area contributed by atoms with Crippen molar-refractivity contribution in [1.29, 1.82) is 0 Å². The summed E-state index contributed by atoms with van der Waals surface area (Å²) in [6.45, 7) is 17.3. The van der Waals surface area contributed by atoms with E-state index in [0.717, 1.165) is 23.3 Å². The molecule has 6 nitrogen and oxygen atoms in total. The van der Waals surface area contributed by atoms with Gasteiger partial charge in [0.25, 0.3) is 0 Å². The molecule has 212 valence electrons. The van der Waals surface area contributed by atoms with Gasteiger partial charge >= 0.3 is 5.97 Å². The molecule has 2 aliphatic rings. The van der Waals surface area contributed by atoms with Crippen LogP contribution in [-0.4, -0.2) is 38.9 Å². The number of hydrogen-bond donors (Lipinski definition) is 0. The fourth-order valence-electron chi connectivity index (χ4n) is 4.66. The summed E-state index contributed by atoms with van der Waals surface area (Å²) < 4.78 is 34.2. The Morgan fingerprint density at radius 2 is 1.82 bits per heavy atom. The van der Waals surface area contributed by atoms with E-state index in [2.05, 4.69) is 76.4 Å². The molecule has 1 aromatic carbocycles. The van der Waals surface area contributed by atoms with E-state index in [1.54, 1.807) is 7.11 Å². The molecule has 1 aromatic rings. The van der Waals surface area contributed by atoms with Gasteiger partial charge in [-0.05, 0) is 79.1 Å². The van der Waals surface area contributed by atoms with Gasteiger partial charge in [0.15, 0.2) is 14.6 Å². The highest BCUT2D eigenvalue weighted by atomic mass is 127. The van der Waals surface area contributed by atoms with Crippen molar-refractivity contribution >= 4 is 36.9 Å². The van der Waals surface area contributed by atoms with Gasteiger partial charge < -0.3 is 23.4 Å². The predicted octanol–water partition coefficient (Wildman–Crippen LogP) is 8.23. The number of methoxy groups -OCH3 is 1. The maximum absolute atomic E-state index is 12.7. The van der Waals surface area contributed by atoms with E-state index in [0.29, 0.717) is 19.3 Å². The zero-order valence-corrected chi connectivity index (χ0v) is 27.6. The van der Waals surface area contributed by atoms with Crippen molar-refractivity contribution in [2.45, 2.75) is 109 Å². The number of fused-ring (bicyclic) bond motifs is 1. The van der Waals surface area contributed by atoms with Crippen LogP contribution < -0.4 is 4.74 Å². The fraction of sp³-hybridized carbons (Fsp3) is 0.633. The van der Waals surface area contributed by atoms with Gasteiger partial charge in [-0.3, -0.25) is 4.79 Å². The van der Waals surface area contributed by atoms with E-state index in [1.165, 1.54) is 0 Å². The van der Waals surface area contributed by atoms with Gasteiger partial charge in [0.2, 0.25) is 5.79 Å². The monoisotopic (exact) mass is 656 g/mol. The Morgan fingerprint density at radius 3 is 2.39 bits per heavy atom. The zero-order chi connectivity index (χ0) is 28.4. The third-order valence-electron chi connectivity index (χ3n) is 8.25. The van der Waals surface area contributed by atoms with Gasteiger partial charge in [0.05, 0.1) is 7.11 Å². The third kappa shape index (κ3) is 6.74. The molecule has 38 heavy (non-hydrogen) atoms. The number of halogens is 1. The molecule has 0 radical (unpaired) electrons. The maximum Gasteiger partial charge on any atom is 0.306 e. The van der Waals surface area contributed by atoms with Crippen molar-refractivity contribution < 1.29 is 28.2 Å². The molecule has 2 aliphatic heterocycles. The summed E-state index contributed by atoms with van der Waals surface area (Å²) in [4.78, 5) is 12.7. The Kier molecular flexibility index (Phi) is 9.99. The lowest BCUT2D eigenvalue weighted by atomic mass is 9.87. The van der Waals surface area contributed by atoms with Crippen molar-refractivity contribution in [3.05, 3.63) is 51.6 Å².